The van der Waals surface area contributed by atoms with Crippen molar-refractivity contribution in [3.63, 3.8) is 0 Å². The minimum Gasteiger partial charge on any atom is -0.493 e. The van der Waals surface area contributed by atoms with Crippen molar-refractivity contribution in [2.24, 2.45) is 0 Å². The first kappa shape index (κ1) is 13.9. The van der Waals surface area contributed by atoms with Crippen LogP contribution in [0.25, 0.3) is 0 Å². The molecule has 3 nitrogen and oxygen atoms in total. The molecule has 1 unspecified atom stereocenters. The second kappa shape index (κ2) is 5.72. The number of halogens is 1. The van der Waals surface area contributed by atoms with Crippen LogP contribution in [0, 0.1) is 6.92 Å². The van der Waals surface area contributed by atoms with Gasteiger partial charge < -0.3 is 10.1 Å². The van der Waals surface area contributed by atoms with Crippen LogP contribution >= 0.6 is 22.9 Å². The zero-order valence-electron chi connectivity index (χ0n) is 11.6. The number of fused-ring (bicyclic) bond motifs is 1. The van der Waals surface area contributed by atoms with E-state index >= 15 is 0 Å². The molecule has 0 saturated carbocycles. The maximum absolute atomic E-state index is 6.23. The highest BCUT2D eigenvalue weighted by atomic mass is 35.5. The maximum Gasteiger partial charge on any atom is 0.125 e. The lowest BCUT2D eigenvalue weighted by molar-refractivity contribution is 0.352. The number of likely N-dealkylation sites (N-methyl/N-ethyl adjacent to an activating group) is 1. The molecule has 0 aliphatic carbocycles. The fourth-order valence-corrected chi connectivity index (χ4v) is 3.87. The first-order valence-electron chi connectivity index (χ1n) is 6.70. The summed E-state index contributed by atoms with van der Waals surface area (Å²) in [5, 5.41) is 4.17. The molecule has 2 aromatic rings. The van der Waals surface area contributed by atoms with Crippen LogP contribution in [0.4, 0.5) is 0 Å². The molecule has 3 rings (SSSR count). The Morgan fingerprint density at radius 1 is 1.50 bits per heavy atom. The zero-order chi connectivity index (χ0) is 14.1. The minimum absolute atomic E-state index is 0.245. The van der Waals surface area contributed by atoms with Crippen molar-refractivity contribution in [3.05, 3.63) is 44.4 Å². The molecule has 0 spiro atoms. The Labute approximate surface area is 127 Å². The molecule has 1 atom stereocenters. The highest BCUT2D eigenvalue weighted by Crippen LogP contribution is 2.36. The van der Waals surface area contributed by atoms with Crippen molar-refractivity contribution in [2.75, 3.05) is 13.7 Å². The standard InChI is InChI=1S/C15H17ClN2OS/c1-9-15(20-8-18-9)13(17-2)7-11-6-12(16)5-10-3-4-19-14(10)11/h5-6,8,13,17H,3-4,7H2,1-2H3. The van der Waals surface area contributed by atoms with Crippen LogP contribution in [0.5, 0.6) is 5.75 Å². The normalized spacial score (nSPS) is 14.9. The van der Waals surface area contributed by atoms with Gasteiger partial charge in [0.15, 0.2) is 0 Å². The number of ether oxygens (including phenoxy) is 1. The Balaban J connectivity index is 1.92. The molecule has 2 heterocycles. The lowest BCUT2D eigenvalue weighted by Crippen LogP contribution is -2.19. The van der Waals surface area contributed by atoms with E-state index in [0.717, 1.165) is 35.9 Å². The van der Waals surface area contributed by atoms with Crippen LogP contribution < -0.4 is 10.1 Å². The highest BCUT2D eigenvalue weighted by molar-refractivity contribution is 7.09. The average molecular weight is 309 g/mol. The summed E-state index contributed by atoms with van der Waals surface area (Å²) < 4.78 is 5.78. The van der Waals surface area contributed by atoms with E-state index in [9.17, 15) is 0 Å². The number of thiazole rings is 1. The van der Waals surface area contributed by atoms with Crippen molar-refractivity contribution < 1.29 is 4.74 Å². The Morgan fingerprint density at radius 3 is 3.05 bits per heavy atom. The van der Waals surface area contributed by atoms with Crippen molar-refractivity contribution in [1.82, 2.24) is 10.3 Å². The van der Waals surface area contributed by atoms with E-state index in [1.54, 1.807) is 11.3 Å². The monoisotopic (exact) mass is 308 g/mol. The van der Waals surface area contributed by atoms with Crippen molar-refractivity contribution in [1.29, 1.82) is 0 Å². The number of nitrogens with one attached hydrogen (secondary N) is 1. The summed E-state index contributed by atoms with van der Waals surface area (Å²) >= 11 is 7.92. The van der Waals surface area contributed by atoms with E-state index in [1.165, 1.54) is 16.0 Å². The van der Waals surface area contributed by atoms with Gasteiger partial charge in [0.1, 0.15) is 5.75 Å². The number of aryl methyl sites for hydroxylation is 1. The van der Waals surface area contributed by atoms with Gasteiger partial charge in [-0.1, -0.05) is 11.6 Å². The smallest absolute Gasteiger partial charge is 0.125 e. The minimum atomic E-state index is 0.245. The SMILES string of the molecule is CNC(Cc1cc(Cl)cc2c1OCC2)c1scnc1C. The van der Waals surface area contributed by atoms with Gasteiger partial charge in [-0.05, 0) is 43.7 Å². The Kier molecular flexibility index (Phi) is 3.96. The first-order chi connectivity index (χ1) is 9.69. The molecule has 0 bridgehead atoms. The number of hydrogen-bond acceptors (Lipinski definition) is 4. The summed E-state index contributed by atoms with van der Waals surface area (Å²) in [7, 11) is 1.98. The predicted molar refractivity (Wildman–Crippen MR) is 83.0 cm³/mol. The summed E-state index contributed by atoms with van der Waals surface area (Å²) in [4.78, 5) is 5.62. The van der Waals surface area contributed by atoms with E-state index in [0.29, 0.717) is 0 Å². The largest absolute Gasteiger partial charge is 0.493 e. The van der Waals surface area contributed by atoms with Crippen LogP contribution in [-0.4, -0.2) is 18.6 Å². The Bertz CT molecular complexity index is 626. The van der Waals surface area contributed by atoms with Gasteiger partial charge >= 0.3 is 0 Å². The van der Waals surface area contributed by atoms with Crippen LogP contribution in [-0.2, 0) is 12.8 Å². The molecule has 1 aromatic carbocycles. The Morgan fingerprint density at radius 2 is 2.35 bits per heavy atom. The third-order valence-electron chi connectivity index (χ3n) is 3.70. The number of hydrogen-bond donors (Lipinski definition) is 1. The average Bonchev–Trinajstić information content (AvgIpc) is 3.04. The van der Waals surface area contributed by atoms with E-state index < -0.39 is 0 Å². The third-order valence-corrected chi connectivity index (χ3v) is 4.96. The molecule has 1 N–H and O–H groups in total. The van der Waals surface area contributed by atoms with Crippen LogP contribution in [0.2, 0.25) is 5.02 Å². The summed E-state index contributed by atoms with van der Waals surface area (Å²) in [5.41, 5.74) is 5.39. The molecule has 0 amide bonds. The topological polar surface area (TPSA) is 34.1 Å². The maximum atomic E-state index is 6.23. The molecule has 0 saturated heterocycles. The molecule has 5 heteroatoms. The molecule has 1 aromatic heterocycles. The summed E-state index contributed by atoms with van der Waals surface area (Å²) in [5.74, 6) is 1.02. The van der Waals surface area contributed by atoms with Gasteiger partial charge in [-0.3, -0.25) is 0 Å². The van der Waals surface area contributed by atoms with Gasteiger partial charge in [0.25, 0.3) is 0 Å². The predicted octanol–water partition coefficient (Wildman–Crippen LogP) is 3.54. The van der Waals surface area contributed by atoms with Gasteiger partial charge in [-0.2, -0.15) is 0 Å². The molecule has 0 fully saturated rings. The lowest BCUT2D eigenvalue weighted by Gasteiger charge is -2.17. The van der Waals surface area contributed by atoms with E-state index in [2.05, 4.69) is 17.2 Å². The molecule has 106 valence electrons. The second-order valence-corrected chi connectivity index (χ2v) is 6.32. The van der Waals surface area contributed by atoms with Gasteiger partial charge in [0.05, 0.1) is 17.8 Å². The van der Waals surface area contributed by atoms with E-state index in [4.69, 9.17) is 16.3 Å². The van der Waals surface area contributed by atoms with Gasteiger partial charge in [-0.25, -0.2) is 4.98 Å². The molecule has 0 radical (unpaired) electrons. The molecular weight excluding hydrogens is 292 g/mol. The number of rotatable bonds is 4. The van der Waals surface area contributed by atoms with E-state index in [1.807, 2.05) is 24.7 Å². The molecule has 20 heavy (non-hydrogen) atoms. The summed E-state index contributed by atoms with van der Waals surface area (Å²) in [6.45, 7) is 2.81. The highest BCUT2D eigenvalue weighted by Gasteiger charge is 2.22. The number of aromatic nitrogens is 1. The molecule has 1 aliphatic rings. The van der Waals surface area contributed by atoms with Crippen LogP contribution in [0.3, 0.4) is 0 Å². The zero-order valence-corrected chi connectivity index (χ0v) is 13.1. The van der Waals surface area contributed by atoms with Crippen molar-refractivity contribution in [2.45, 2.75) is 25.8 Å². The molecular formula is C15H17ClN2OS. The Hall–Kier alpha value is -1.10. The fourth-order valence-electron chi connectivity index (χ4n) is 2.69. The van der Waals surface area contributed by atoms with Crippen LogP contribution in [0.1, 0.15) is 27.7 Å². The van der Waals surface area contributed by atoms with Crippen molar-refractivity contribution >= 4 is 22.9 Å². The summed E-state index contributed by atoms with van der Waals surface area (Å²) in [6.07, 6.45) is 1.81. The first-order valence-corrected chi connectivity index (χ1v) is 7.96. The fraction of sp³-hybridized carbons (Fsp3) is 0.400. The quantitative estimate of drug-likeness (QED) is 0.938. The van der Waals surface area contributed by atoms with Gasteiger partial charge in [-0.15, -0.1) is 11.3 Å². The van der Waals surface area contributed by atoms with E-state index in [-0.39, 0.29) is 6.04 Å². The number of nitrogens with zero attached hydrogens (tertiary/aromatic N) is 1. The molecule has 1 aliphatic heterocycles. The lowest BCUT2D eigenvalue weighted by atomic mass is 10.00. The van der Waals surface area contributed by atoms with Gasteiger partial charge in [0.2, 0.25) is 0 Å². The van der Waals surface area contributed by atoms with Gasteiger partial charge in [0, 0.05) is 22.4 Å². The summed E-state index contributed by atoms with van der Waals surface area (Å²) in [6, 6.07) is 4.28. The second-order valence-electron chi connectivity index (χ2n) is 5.00. The van der Waals surface area contributed by atoms with Crippen molar-refractivity contribution in [3.8, 4) is 5.75 Å². The van der Waals surface area contributed by atoms with Crippen LogP contribution in [0.15, 0.2) is 17.6 Å². The number of benzene rings is 1. The third kappa shape index (κ3) is 2.55.